The molecule has 3 amide bonds. The Hall–Kier alpha value is -2.34. The van der Waals surface area contributed by atoms with Gasteiger partial charge in [-0.3, -0.25) is 19.2 Å². The lowest BCUT2D eigenvalue weighted by atomic mass is 9.97. The lowest BCUT2D eigenvalue weighted by Crippen LogP contribution is -2.59. The summed E-state index contributed by atoms with van der Waals surface area (Å²) in [5, 5.41) is 25.8. The molecule has 0 bridgehead atoms. The molecule has 0 aromatic carbocycles. The summed E-state index contributed by atoms with van der Waals surface area (Å²) in [6.45, 7) is 6.91. The number of aliphatic carboxylic acids is 2. The van der Waals surface area contributed by atoms with Crippen LogP contribution in [-0.4, -0.2) is 76.0 Å². The number of nitrogens with two attached hydrogens (primary N) is 1. The third kappa shape index (κ3) is 11.4. The highest BCUT2D eigenvalue weighted by atomic mass is 32.2. The number of rotatable bonds is 16. The maximum absolute atomic E-state index is 13.0. The second-order valence-electron chi connectivity index (χ2n) is 8.32. The van der Waals surface area contributed by atoms with E-state index in [-0.39, 0.29) is 31.1 Å². The second kappa shape index (κ2) is 15.5. The minimum absolute atomic E-state index is 0.0828. The molecule has 5 unspecified atom stereocenters. The third-order valence-electron chi connectivity index (χ3n) is 5.27. The standard InChI is InChI=1S/C21H38N4O7S/c1-6-12(4)17(25-18(28)13(22)7-8-15(26)27)20(30)23-14(9-10-33-5)19(29)24-16(11(2)3)21(31)32/h11-14,16-17H,6-10,22H2,1-5H3,(H,23,30)(H,24,29)(H,25,28)(H,26,27)(H,31,32). The Kier molecular flexibility index (Phi) is 14.4. The maximum Gasteiger partial charge on any atom is 0.326 e. The van der Waals surface area contributed by atoms with Gasteiger partial charge in [-0.05, 0) is 36.7 Å². The number of thioether (sulfide) groups is 1. The highest BCUT2D eigenvalue weighted by molar-refractivity contribution is 7.98. The molecule has 0 saturated carbocycles. The van der Waals surface area contributed by atoms with E-state index < -0.39 is 53.8 Å². The molecule has 33 heavy (non-hydrogen) atoms. The van der Waals surface area contributed by atoms with Crippen molar-refractivity contribution < 1.29 is 34.2 Å². The van der Waals surface area contributed by atoms with Crippen molar-refractivity contribution in [3.05, 3.63) is 0 Å². The van der Waals surface area contributed by atoms with E-state index in [1.165, 1.54) is 11.8 Å². The SMILES string of the molecule is CCC(C)C(NC(=O)C(N)CCC(=O)O)C(=O)NC(CCSC)C(=O)NC(C(=O)O)C(C)C. The van der Waals surface area contributed by atoms with Gasteiger partial charge in [-0.1, -0.05) is 34.1 Å². The van der Waals surface area contributed by atoms with Crippen molar-refractivity contribution in [3.8, 4) is 0 Å². The summed E-state index contributed by atoms with van der Waals surface area (Å²) >= 11 is 1.47. The van der Waals surface area contributed by atoms with Crippen LogP contribution < -0.4 is 21.7 Å². The van der Waals surface area contributed by atoms with Crippen molar-refractivity contribution >= 4 is 41.4 Å². The van der Waals surface area contributed by atoms with Crippen molar-refractivity contribution in [2.24, 2.45) is 17.6 Å². The fourth-order valence-electron chi connectivity index (χ4n) is 2.91. The van der Waals surface area contributed by atoms with Crippen LogP contribution in [0.2, 0.25) is 0 Å². The van der Waals surface area contributed by atoms with Crippen molar-refractivity contribution in [1.29, 1.82) is 0 Å². The minimum atomic E-state index is -1.17. The zero-order valence-electron chi connectivity index (χ0n) is 19.9. The zero-order chi connectivity index (χ0) is 25.7. The number of carboxylic acids is 2. The Morgan fingerprint density at radius 1 is 0.879 bits per heavy atom. The molecule has 0 aliphatic heterocycles. The van der Waals surface area contributed by atoms with Gasteiger partial charge >= 0.3 is 11.9 Å². The molecule has 0 aromatic rings. The Morgan fingerprint density at radius 2 is 1.45 bits per heavy atom. The average Bonchev–Trinajstić information content (AvgIpc) is 2.74. The summed E-state index contributed by atoms with van der Waals surface area (Å²) in [4.78, 5) is 60.4. The highest BCUT2D eigenvalue weighted by Crippen LogP contribution is 2.11. The van der Waals surface area contributed by atoms with Crippen LogP contribution in [0.5, 0.6) is 0 Å². The van der Waals surface area contributed by atoms with E-state index in [0.717, 1.165) is 0 Å². The molecule has 7 N–H and O–H groups in total. The maximum atomic E-state index is 13.0. The molecule has 11 nitrogen and oxygen atoms in total. The van der Waals surface area contributed by atoms with Crippen LogP contribution >= 0.6 is 11.8 Å². The smallest absolute Gasteiger partial charge is 0.326 e. The predicted molar refractivity (Wildman–Crippen MR) is 126 cm³/mol. The van der Waals surface area contributed by atoms with Crippen molar-refractivity contribution in [2.45, 2.75) is 77.5 Å². The van der Waals surface area contributed by atoms with E-state index in [1.807, 2.05) is 13.2 Å². The summed E-state index contributed by atoms with van der Waals surface area (Å²) in [5.74, 6) is -4.25. The van der Waals surface area contributed by atoms with Crippen molar-refractivity contribution in [3.63, 3.8) is 0 Å². The molecule has 0 radical (unpaired) electrons. The number of carboxylic acid groups (broad SMARTS) is 2. The first kappa shape index (κ1) is 30.7. The first-order valence-corrected chi connectivity index (χ1v) is 12.3. The summed E-state index contributed by atoms with van der Waals surface area (Å²) in [6.07, 6.45) is 2.28. The van der Waals surface area contributed by atoms with E-state index in [9.17, 15) is 29.1 Å². The van der Waals surface area contributed by atoms with Gasteiger partial charge < -0.3 is 31.9 Å². The molecule has 0 aromatic heterocycles. The lowest BCUT2D eigenvalue weighted by molar-refractivity contribution is -0.143. The van der Waals surface area contributed by atoms with Crippen LogP contribution in [0, 0.1) is 11.8 Å². The Morgan fingerprint density at radius 3 is 1.91 bits per heavy atom. The van der Waals surface area contributed by atoms with Gasteiger partial charge in [0.05, 0.1) is 6.04 Å². The number of hydrogen-bond donors (Lipinski definition) is 6. The van der Waals surface area contributed by atoms with Crippen molar-refractivity contribution in [2.75, 3.05) is 12.0 Å². The van der Waals surface area contributed by atoms with Crippen LogP contribution in [0.1, 0.15) is 53.4 Å². The summed E-state index contributed by atoms with van der Waals surface area (Å²) < 4.78 is 0. The van der Waals surface area contributed by atoms with Gasteiger partial charge in [0.25, 0.3) is 0 Å². The monoisotopic (exact) mass is 490 g/mol. The topological polar surface area (TPSA) is 188 Å². The molecule has 0 spiro atoms. The van der Waals surface area contributed by atoms with E-state index in [0.29, 0.717) is 12.2 Å². The summed E-state index contributed by atoms with van der Waals surface area (Å²) in [5.41, 5.74) is 5.75. The molecule has 5 atom stereocenters. The molecule has 0 heterocycles. The van der Waals surface area contributed by atoms with Crippen LogP contribution in [0.15, 0.2) is 0 Å². The fraction of sp³-hybridized carbons (Fsp3) is 0.762. The zero-order valence-corrected chi connectivity index (χ0v) is 20.7. The first-order valence-electron chi connectivity index (χ1n) is 11.0. The fourth-order valence-corrected chi connectivity index (χ4v) is 3.38. The van der Waals surface area contributed by atoms with Gasteiger partial charge in [-0.15, -0.1) is 0 Å². The number of carbonyl (C=O) groups excluding carboxylic acids is 3. The molecule has 0 saturated heterocycles. The van der Waals surface area contributed by atoms with Gasteiger partial charge in [0, 0.05) is 6.42 Å². The van der Waals surface area contributed by atoms with Crippen LogP contribution in [0.3, 0.4) is 0 Å². The summed E-state index contributed by atoms with van der Waals surface area (Å²) in [6, 6.07) is -4.19. The quantitative estimate of drug-likeness (QED) is 0.175. The van der Waals surface area contributed by atoms with E-state index >= 15 is 0 Å². The lowest BCUT2D eigenvalue weighted by Gasteiger charge is -2.28. The van der Waals surface area contributed by atoms with E-state index in [1.54, 1.807) is 20.8 Å². The molecule has 0 fully saturated rings. The second-order valence-corrected chi connectivity index (χ2v) is 9.31. The minimum Gasteiger partial charge on any atom is -0.481 e. The molecule has 0 aliphatic carbocycles. The Labute approximate surface area is 199 Å². The van der Waals surface area contributed by atoms with E-state index in [2.05, 4.69) is 16.0 Å². The molecular weight excluding hydrogens is 452 g/mol. The summed E-state index contributed by atoms with van der Waals surface area (Å²) in [7, 11) is 0. The van der Waals surface area contributed by atoms with Gasteiger partial charge in [-0.2, -0.15) is 11.8 Å². The Bertz CT molecular complexity index is 690. The Balaban J connectivity index is 5.47. The van der Waals surface area contributed by atoms with Crippen LogP contribution in [0.4, 0.5) is 0 Å². The van der Waals surface area contributed by atoms with Crippen LogP contribution in [0.25, 0.3) is 0 Å². The molecule has 12 heteroatoms. The third-order valence-corrected chi connectivity index (χ3v) is 5.92. The molecular formula is C21H38N4O7S. The van der Waals surface area contributed by atoms with Gasteiger partial charge in [0.2, 0.25) is 17.7 Å². The number of amides is 3. The van der Waals surface area contributed by atoms with Gasteiger partial charge in [-0.25, -0.2) is 4.79 Å². The number of hydrogen-bond acceptors (Lipinski definition) is 7. The van der Waals surface area contributed by atoms with Crippen molar-refractivity contribution in [1.82, 2.24) is 16.0 Å². The predicted octanol–water partition coefficient (Wildman–Crippen LogP) is 0.173. The molecule has 0 rings (SSSR count). The molecule has 0 aliphatic rings. The van der Waals surface area contributed by atoms with Gasteiger partial charge in [0.15, 0.2) is 0 Å². The number of nitrogens with one attached hydrogen (secondary N) is 3. The average molecular weight is 491 g/mol. The normalized spacial score (nSPS) is 15.6. The van der Waals surface area contributed by atoms with E-state index in [4.69, 9.17) is 10.8 Å². The largest absolute Gasteiger partial charge is 0.481 e. The highest BCUT2D eigenvalue weighted by Gasteiger charge is 2.33. The molecule has 190 valence electrons. The number of carbonyl (C=O) groups is 5. The van der Waals surface area contributed by atoms with Crippen LogP contribution in [-0.2, 0) is 24.0 Å². The first-order chi connectivity index (χ1) is 15.3. The van der Waals surface area contributed by atoms with Gasteiger partial charge in [0.1, 0.15) is 18.1 Å².